The summed E-state index contributed by atoms with van der Waals surface area (Å²) in [6, 6.07) is 0. The minimum absolute atomic E-state index is 0.00834. The Morgan fingerprint density at radius 1 is 1.39 bits per heavy atom. The number of hydrogen-bond donors (Lipinski definition) is 1. The molecule has 7 heteroatoms. The van der Waals surface area contributed by atoms with Crippen LogP contribution in [0.4, 0.5) is 0 Å². The number of halogens is 1. The molecule has 1 heterocycles. The molecule has 0 aromatic rings. The van der Waals surface area contributed by atoms with Crippen molar-refractivity contribution >= 4 is 27.5 Å². The minimum Gasteiger partial charge on any atom is -0.343 e. The van der Waals surface area contributed by atoms with Gasteiger partial charge in [-0.05, 0) is 18.8 Å². The van der Waals surface area contributed by atoms with Gasteiger partial charge in [0.05, 0.1) is 5.75 Å². The van der Waals surface area contributed by atoms with Gasteiger partial charge in [-0.25, -0.2) is 13.1 Å². The van der Waals surface area contributed by atoms with E-state index >= 15 is 0 Å². The van der Waals surface area contributed by atoms with Crippen LogP contribution in [0, 0.1) is 5.92 Å². The van der Waals surface area contributed by atoms with Crippen molar-refractivity contribution in [3.63, 3.8) is 0 Å². The summed E-state index contributed by atoms with van der Waals surface area (Å²) in [5, 5.41) is 0. The Morgan fingerprint density at radius 3 is 2.56 bits per heavy atom. The van der Waals surface area contributed by atoms with Crippen LogP contribution in [0.5, 0.6) is 0 Å². The first kappa shape index (κ1) is 15.7. The Labute approximate surface area is 114 Å². The third-order valence-corrected chi connectivity index (χ3v) is 5.07. The van der Waals surface area contributed by atoms with Crippen LogP contribution in [-0.4, -0.2) is 50.5 Å². The molecule has 5 nitrogen and oxygen atoms in total. The van der Waals surface area contributed by atoms with Gasteiger partial charge in [0.25, 0.3) is 0 Å². The van der Waals surface area contributed by atoms with Gasteiger partial charge in [-0.3, -0.25) is 4.79 Å². The van der Waals surface area contributed by atoms with Gasteiger partial charge in [0.15, 0.2) is 0 Å². The maximum absolute atomic E-state index is 11.7. The molecule has 1 amide bonds. The van der Waals surface area contributed by atoms with Gasteiger partial charge in [0, 0.05) is 31.9 Å². The molecule has 0 aromatic heterocycles. The number of amides is 1. The third kappa shape index (κ3) is 5.54. The Bertz CT molecular complexity index is 366. The molecule has 0 saturated carbocycles. The highest BCUT2D eigenvalue weighted by molar-refractivity contribution is 7.89. The van der Waals surface area contributed by atoms with E-state index < -0.39 is 10.0 Å². The molecule has 1 aliphatic heterocycles. The molecule has 1 atom stereocenters. The van der Waals surface area contributed by atoms with Gasteiger partial charge in [0.1, 0.15) is 0 Å². The number of sulfonamides is 1. The quantitative estimate of drug-likeness (QED) is 0.707. The molecule has 1 unspecified atom stereocenters. The normalized spacial score (nSPS) is 18.0. The fraction of sp³-hybridized carbons (Fsp3) is 0.909. The van der Waals surface area contributed by atoms with Crippen molar-refractivity contribution in [2.45, 2.75) is 26.2 Å². The largest absolute Gasteiger partial charge is 0.343 e. The summed E-state index contributed by atoms with van der Waals surface area (Å²) in [5.41, 5.74) is 0. The van der Waals surface area contributed by atoms with E-state index in [0.29, 0.717) is 5.88 Å². The van der Waals surface area contributed by atoms with Gasteiger partial charge in [-0.15, -0.1) is 11.6 Å². The molecule has 1 aliphatic rings. The highest BCUT2D eigenvalue weighted by Crippen LogP contribution is 2.08. The molecule has 1 saturated heterocycles. The predicted molar refractivity (Wildman–Crippen MR) is 72.1 cm³/mol. The van der Waals surface area contributed by atoms with E-state index in [1.807, 2.05) is 0 Å². The Balaban J connectivity index is 2.25. The van der Waals surface area contributed by atoms with Crippen LogP contribution >= 0.6 is 11.6 Å². The van der Waals surface area contributed by atoms with Crippen molar-refractivity contribution in [1.82, 2.24) is 9.62 Å². The zero-order valence-corrected chi connectivity index (χ0v) is 12.3. The molecule has 0 radical (unpaired) electrons. The lowest BCUT2D eigenvalue weighted by molar-refractivity contribution is -0.129. The van der Waals surface area contributed by atoms with Crippen molar-refractivity contribution < 1.29 is 13.2 Å². The molecule has 0 aliphatic carbocycles. The fourth-order valence-electron chi connectivity index (χ4n) is 1.92. The molecule has 18 heavy (non-hydrogen) atoms. The molecule has 0 bridgehead atoms. The summed E-state index contributed by atoms with van der Waals surface area (Å²) < 4.78 is 25.7. The zero-order chi connectivity index (χ0) is 13.6. The first-order valence-electron chi connectivity index (χ1n) is 6.25. The zero-order valence-electron chi connectivity index (χ0n) is 10.7. The topological polar surface area (TPSA) is 66.5 Å². The van der Waals surface area contributed by atoms with Gasteiger partial charge in [-0.2, -0.15) is 0 Å². The van der Waals surface area contributed by atoms with Gasteiger partial charge in [-0.1, -0.05) is 6.92 Å². The number of nitrogens with zero attached hydrogens (tertiary/aromatic N) is 1. The second-order valence-electron chi connectivity index (χ2n) is 4.77. The van der Waals surface area contributed by atoms with E-state index in [0.717, 1.165) is 25.9 Å². The summed E-state index contributed by atoms with van der Waals surface area (Å²) in [7, 11) is -3.32. The highest BCUT2D eigenvalue weighted by atomic mass is 35.5. The lowest BCUT2D eigenvalue weighted by atomic mass is 10.3. The van der Waals surface area contributed by atoms with Gasteiger partial charge < -0.3 is 4.90 Å². The Morgan fingerprint density at radius 2 is 2.00 bits per heavy atom. The average molecular weight is 297 g/mol. The number of carbonyl (C=O) groups excluding carboxylic acids is 1. The van der Waals surface area contributed by atoms with Crippen LogP contribution < -0.4 is 4.72 Å². The standard InChI is InChI=1S/C11H21ClN2O3S/c1-10(8-12)9-18(16,17)13-5-4-11(15)14-6-2-3-7-14/h10,13H,2-9H2,1H3. The second kappa shape index (κ2) is 7.31. The van der Waals surface area contributed by atoms with Crippen molar-refractivity contribution in [2.75, 3.05) is 31.3 Å². The van der Waals surface area contributed by atoms with E-state index in [1.165, 1.54) is 0 Å². The molecular formula is C11H21ClN2O3S. The SMILES string of the molecule is CC(CCl)CS(=O)(=O)NCCC(=O)N1CCCC1. The first-order chi connectivity index (χ1) is 8.44. The maximum atomic E-state index is 11.7. The van der Waals surface area contributed by atoms with Crippen LogP contribution in [0.15, 0.2) is 0 Å². The van der Waals surface area contributed by atoms with Crippen LogP contribution in [0.25, 0.3) is 0 Å². The summed E-state index contributed by atoms with van der Waals surface area (Å²) >= 11 is 5.58. The van der Waals surface area contributed by atoms with E-state index in [9.17, 15) is 13.2 Å². The number of likely N-dealkylation sites (tertiary alicyclic amines) is 1. The van der Waals surface area contributed by atoms with Crippen molar-refractivity contribution in [1.29, 1.82) is 0 Å². The lowest BCUT2D eigenvalue weighted by Gasteiger charge is -2.15. The fourth-order valence-corrected chi connectivity index (χ4v) is 3.55. The van der Waals surface area contributed by atoms with Crippen molar-refractivity contribution in [3.05, 3.63) is 0 Å². The number of rotatable bonds is 7. The van der Waals surface area contributed by atoms with Crippen LogP contribution in [0.3, 0.4) is 0 Å². The summed E-state index contributed by atoms with van der Waals surface area (Å²) in [5.74, 6) is 0.265. The monoisotopic (exact) mass is 296 g/mol. The van der Waals surface area contributed by atoms with Gasteiger partial charge in [0.2, 0.25) is 15.9 Å². The smallest absolute Gasteiger partial charge is 0.223 e. The number of carbonyl (C=O) groups is 1. The van der Waals surface area contributed by atoms with E-state index in [2.05, 4.69) is 4.72 Å². The summed E-state index contributed by atoms with van der Waals surface area (Å²) in [6.45, 7) is 3.55. The molecule has 1 fully saturated rings. The summed E-state index contributed by atoms with van der Waals surface area (Å²) in [4.78, 5) is 13.5. The van der Waals surface area contributed by atoms with E-state index in [-0.39, 0.29) is 30.5 Å². The van der Waals surface area contributed by atoms with Crippen LogP contribution in [0.1, 0.15) is 26.2 Å². The van der Waals surface area contributed by atoms with Crippen LogP contribution in [-0.2, 0) is 14.8 Å². The number of nitrogens with one attached hydrogen (secondary N) is 1. The molecular weight excluding hydrogens is 276 g/mol. The third-order valence-electron chi connectivity index (χ3n) is 2.89. The van der Waals surface area contributed by atoms with Crippen molar-refractivity contribution in [3.8, 4) is 0 Å². The van der Waals surface area contributed by atoms with Crippen LogP contribution in [0.2, 0.25) is 0 Å². The molecule has 1 N–H and O–H groups in total. The number of alkyl halides is 1. The lowest BCUT2D eigenvalue weighted by Crippen LogP contribution is -2.34. The van der Waals surface area contributed by atoms with E-state index in [4.69, 9.17) is 11.6 Å². The molecule has 0 spiro atoms. The minimum atomic E-state index is -3.32. The molecule has 1 rings (SSSR count). The first-order valence-corrected chi connectivity index (χ1v) is 8.44. The maximum Gasteiger partial charge on any atom is 0.223 e. The average Bonchev–Trinajstić information content (AvgIpc) is 2.81. The number of hydrogen-bond acceptors (Lipinski definition) is 3. The molecule has 0 aromatic carbocycles. The predicted octanol–water partition coefficient (Wildman–Crippen LogP) is 0.793. The Hall–Kier alpha value is -0.330. The van der Waals surface area contributed by atoms with E-state index in [1.54, 1.807) is 11.8 Å². The highest BCUT2D eigenvalue weighted by Gasteiger charge is 2.19. The van der Waals surface area contributed by atoms with Crippen molar-refractivity contribution in [2.24, 2.45) is 5.92 Å². The van der Waals surface area contributed by atoms with Gasteiger partial charge >= 0.3 is 0 Å². The molecule has 106 valence electrons. The second-order valence-corrected chi connectivity index (χ2v) is 6.93. The Kier molecular flexibility index (Phi) is 6.38. The summed E-state index contributed by atoms with van der Waals surface area (Å²) in [6.07, 6.45) is 2.32.